The van der Waals surface area contributed by atoms with Gasteiger partial charge in [0.15, 0.2) is 0 Å². The fourth-order valence-corrected chi connectivity index (χ4v) is 2.17. The number of aromatic nitrogens is 2. The van der Waals surface area contributed by atoms with Crippen LogP contribution in [0.25, 0.3) is 0 Å². The van der Waals surface area contributed by atoms with Gasteiger partial charge in [0.05, 0.1) is 5.56 Å². The van der Waals surface area contributed by atoms with Crippen molar-refractivity contribution in [3.63, 3.8) is 0 Å². The zero-order valence-electron chi connectivity index (χ0n) is 11.4. The third-order valence-electron chi connectivity index (χ3n) is 3.37. The summed E-state index contributed by atoms with van der Waals surface area (Å²) in [5, 5.41) is 0. The molecule has 4 nitrogen and oxygen atoms in total. The lowest BCUT2D eigenvalue weighted by atomic mass is 10.0. The smallest absolute Gasteiger partial charge is 0.255 e. The summed E-state index contributed by atoms with van der Waals surface area (Å²) in [6, 6.07) is 8.25. The van der Waals surface area contributed by atoms with E-state index in [1.165, 1.54) is 11.1 Å². The molecule has 1 aromatic carbocycles. The minimum atomic E-state index is -0.116. The largest absolute Gasteiger partial charge is 0.326 e. The molecule has 0 radical (unpaired) electrons. The fraction of sp³-hybridized carbons (Fsp3) is 0.333. The minimum Gasteiger partial charge on any atom is -0.326 e. The van der Waals surface area contributed by atoms with Gasteiger partial charge in [0.25, 0.3) is 5.56 Å². The van der Waals surface area contributed by atoms with Crippen LogP contribution in [0.3, 0.4) is 0 Å². The molecule has 0 unspecified atom stereocenters. The van der Waals surface area contributed by atoms with Crippen molar-refractivity contribution >= 4 is 0 Å². The van der Waals surface area contributed by atoms with E-state index in [4.69, 9.17) is 5.73 Å². The number of hydrogen-bond donors (Lipinski definition) is 2. The second-order valence-corrected chi connectivity index (χ2v) is 4.71. The van der Waals surface area contributed by atoms with E-state index in [0.29, 0.717) is 5.56 Å². The SMILES string of the molecule is Cc1ccccc1CCc1nc(C)c(CN)c(=O)[nH]1. The van der Waals surface area contributed by atoms with E-state index in [-0.39, 0.29) is 12.1 Å². The lowest BCUT2D eigenvalue weighted by molar-refractivity contribution is 0.810. The molecule has 2 rings (SSSR count). The van der Waals surface area contributed by atoms with Crippen molar-refractivity contribution in [2.45, 2.75) is 33.2 Å². The summed E-state index contributed by atoms with van der Waals surface area (Å²) < 4.78 is 0. The first kappa shape index (κ1) is 13.5. The number of aryl methyl sites for hydroxylation is 4. The molecule has 0 bridgehead atoms. The van der Waals surface area contributed by atoms with Gasteiger partial charge in [0.1, 0.15) is 5.82 Å². The van der Waals surface area contributed by atoms with Gasteiger partial charge in [-0.1, -0.05) is 24.3 Å². The molecule has 100 valence electrons. The second kappa shape index (κ2) is 5.80. The Labute approximate surface area is 112 Å². The maximum absolute atomic E-state index is 11.8. The third-order valence-corrected chi connectivity index (χ3v) is 3.37. The molecule has 0 saturated heterocycles. The third kappa shape index (κ3) is 3.09. The van der Waals surface area contributed by atoms with Crippen LogP contribution in [0.2, 0.25) is 0 Å². The zero-order chi connectivity index (χ0) is 13.8. The van der Waals surface area contributed by atoms with Crippen LogP contribution >= 0.6 is 0 Å². The van der Waals surface area contributed by atoms with Gasteiger partial charge in [-0.05, 0) is 31.4 Å². The maximum atomic E-state index is 11.8. The molecule has 0 atom stereocenters. The normalized spacial score (nSPS) is 10.7. The van der Waals surface area contributed by atoms with Crippen LogP contribution in [0.5, 0.6) is 0 Å². The average molecular weight is 257 g/mol. The molecule has 0 fully saturated rings. The first-order valence-corrected chi connectivity index (χ1v) is 6.45. The van der Waals surface area contributed by atoms with Crippen LogP contribution in [0.15, 0.2) is 29.1 Å². The Morgan fingerprint density at radius 2 is 1.95 bits per heavy atom. The van der Waals surface area contributed by atoms with Crippen molar-refractivity contribution in [2.75, 3.05) is 0 Å². The van der Waals surface area contributed by atoms with Crippen LogP contribution in [0, 0.1) is 13.8 Å². The molecular formula is C15H19N3O. The molecule has 0 saturated carbocycles. The van der Waals surface area contributed by atoms with Gasteiger partial charge in [0.2, 0.25) is 0 Å². The number of hydrogen-bond acceptors (Lipinski definition) is 3. The molecule has 19 heavy (non-hydrogen) atoms. The van der Waals surface area contributed by atoms with Crippen LogP contribution in [0.4, 0.5) is 0 Å². The van der Waals surface area contributed by atoms with E-state index in [9.17, 15) is 4.79 Å². The summed E-state index contributed by atoms with van der Waals surface area (Å²) in [6.07, 6.45) is 1.60. The van der Waals surface area contributed by atoms with E-state index >= 15 is 0 Å². The Hall–Kier alpha value is -1.94. The van der Waals surface area contributed by atoms with Gasteiger partial charge in [0, 0.05) is 18.7 Å². The van der Waals surface area contributed by atoms with Gasteiger partial charge in [-0.15, -0.1) is 0 Å². The van der Waals surface area contributed by atoms with E-state index in [0.717, 1.165) is 24.4 Å². The predicted molar refractivity (Wildman–Crippen MR) is 76.1 cm³/mol. The summed E-state index contributed by atoms with van der Waals surface area (Å²) in [4.78, 5) is 19.0. The molecule has 0 aliphatic rings. The highest BCUT2D eigenvalue weighted by Crippen LogP contribution is 2.10. The highest BCUT2D eigenvalue weighted by atomic mass is 16.1. The molecule has 1 heterocycles. The Morgan fingerprint density at radius 3 is 2.58 bits per heavy atom. The van der Waals surface area contributed by atoms with Crippen molar-refractivity contribution < 1.29 is 0 Å². The van der Waals surface area contributed by atoms with Crippen LogP contribution in [-0.4, -0.2) is 9.97 Å². The summed E-state index contributed by atoms with van der Waals surface area (Å²) >= 11 is 0. The summed E-state index contributed by atoms with van der Waals surface area (Å²) in [5.41, 5.74) is 9.25. The molecule has 4 heteroatoms. The lowest BCUT2D eigenvalue weighted by Crippen LogP contribution is -2.21. The van der Waals surface area contributed by atoms with E-state index in [2.05, 4.69) is 29.0 Å². The number of H-pyrrole nitrogens is 1. The van der Waals surface area contributed by atoms with E-state index in [1.54, 1.807) is 0 Å². The van der Waals surface area contributed by atoms with Crippen molar-refractivity contribution in [1.29, 1.82) is 0 Å². The molecule has 0 aliphatic carbocycles. The van der Waals surface area contributed by atoms with Crippen molar-refractivity contribution in [3.8, 4) is 0 Å². The van der Waals surface area contributed by atoms with Gasteiger partial charge in [-0.2, -0.15) is 0 Å². The maximum Gasteiger partial charge on any atom is 0.255 e. The van der Waals surface area contributed by atoms with Crippen molar-refractivity contribution in [1.82, 2.24) is 9.97 Å². The quantitative estimate of drug-likeness (QED) is 0.874. The Balaban J connectivity index is 2.17. The zero-order valence-corrected chi connectivity index (χ0v) is 11.4. The minimum absolute atomic E-state index is 0.116. The highest BCUT2D eigenvalue weighted by molar-refractivity contribution is 5.26. The first-order valence-electron chi connectivity index (χ1n) is 6.45. The molecule has 3 N–H and O–H groups in total. The van der Waals surface area contributed by atoms with E-state index < -0.39 is 0 Å². The molecular weight excluding hydrogens is 238 g/mol. The number of benzene rings is 1. The predicted octanol–water partition coefficient (Wildman–Crippen LogP) is 1.63. The topological polar surface area (TPSA) is 71.8 Å². The number of aromatic amines is 1. The van der Waals surface area contributed by atoms with Crippen molar-refractivity contribution in [2.24, 2.45) is 5.73 Å². The number of rotatable bonds is 4. The number of nitrogens with two attached hydrogens (primary N) is 1. The van der Waals surface area contributed by atoms with Gasteiger partial charge in [-0.25, -0.2) is 4.98 Å². The van der Waals surface area contributed by atoms with Crippen LogP contribution < -0.4 is 11.3 Å². The van der Waals surface area contributed by atoms with Crippen LogP contribution in [-0.2, 0) is 19.4 Å². The molecule has 0 aliphatic heterocycles. The fourth-order valence-electron chi connectivity index (χ4n) is 2.17. The van der Waals surface area contributed by atoms with Gasteiger partial charge in [-0.3, -0.25) is 4.79 Å². The number of nitrogens with one attached hydrogen (secondary N) is 1. The standard InChI is InChI=1S/C15H19N3O/c1-10-5-3-4-6-12(10)7-8-14-17-11(2)13(9-16)15(19)18-14/h3-6H,7-9,16H2,1-2H3,(H,17,18,19). The number of nitrogens with zero attached hydrogens (tertiary/aromatic N) is 1. The Kier molecular flexibility index (Phi) is 4.12. The summed E-state index contributed by atoms with van der Waals surface area (Å²) in [6.45, 7) is 4.15. The Bertz CT molecular complexity index is 632. The summed E-state index contributed by atoms with van der Waals surface area (Å²) in [7, 11) is 0. The average Bonchev–Trinajstić information content (AvgIpc) is 2.37. The lowest BCUT2D eigenvalue weighted by Gasteiger charge is -2.07. The van der Waals surface area contributed by atoms with Gasteiger partial charge < -0.3 is 10.7 Å². The molecule has 2 aromatic rings. The first-order chi connectivity index (χ1) is 9.11. The highest BCUT2D eigenvalue weighted by Gasteiger charge is 2.07. The van der Waals surface area contributed by atoms with Crippen LogP contribution in [0.1, 0.15) is 28.2 Å². The second-order valence-electron chi connectivity index (χ2n) is 4.71. The molecule has 0 spiro atoms. The molecule has 1 aromatic heterocycles. The van der Waals surface area contributed by atoms with E-state index in [1.807, 2.05) is 19.1 Å². The Morgan fingerprint density at radius 1 is 1.21 bits per heavy atom. The molecule has 0 amide bonds. The monoisotopic (exact) mass is 257 g/mol. The van der Waals surface area contributed by atoms with Crippen molar-refractivity contribution in [3.05, 3.63) is 62.8 Å². The van der Waals surface area contributed by atoms with Gasteiger partial charge >= 0.3 is 0 Å². The summed E-state index contributed by atoms with van der Waals surface area (Å²) in [5.74, 6) is 0.725.